The lowest BCUT2D eigenvalue weighted by atomic mass is 9.97. The van der Waals surface area contributed by atoms with Gasteiger partial charge in [0, 0.05) is 43.6 Å². The van der Waals surface area contributed by atoms with Gasteiger partial charge in [-0.3, -0.25) is 29.3 Å². The summed E-state index contributed by atoms with van der Waals surface area (Å²) in [5, 5.41) is 31.9. The first-order valence-corrected chi connectivity index (χ1v) is 13.1. The van der Waals surface area contributed by atoms with Crippen LogP contribution in [0.1, 0.15) is 27.7 Å². The molecule has 1 saturated heterocycles. The molecule has 2 aromatic rings. The lowest BCUT2D eigenvalue weighted by Crippen LogP contribution is -2.66. The average Bonchev–Trinajstić information content (AvgIpc) is 3.18. The highest BCUT2D eigenvalue weighted by atomic mass is 79.9. The minimum absolute atomic E-state index is 0.0203. The number of carbonyl (C=O) groups is 4. The molecule has 0 saturated carbocycles. The predicted octanol–water partition coefficient (Wildman–Crippen LogP) is 2.59. The maximum absolute atomic E-state index is 12.0. The number of thiocarbonyl (C=S) groups is 1. The van der Waals surface area contributed by atoms with Gasteiger partial charge >= 0.3 is 23.9 Å². The monoisotopic (exact) mass is 673 g/mol. The van der Waals surface area contributed by atoms with Crippen molar-refractivity contribution in [2.24, 2.45) is 10.2 Å². The van der Waals surface area contributed by atoms with E-state index in [1.165, 1.54) is 12.1 Å². The van der Waals surface area contributed by atoms with Crippen LogP contribution >= 0.6 is 28.1 Å². The Balaban J connectivity index is 1.96. The average molecular weight is 674 g/mol. The Hall–Kier alpha value is -4.23. The predicted molar refractivity (Wildman–Crippen MR) is 147 cm³/mol. The van der Waals surface area contributed by atoms with Crippen LogP contribution in [-0.2, 0) is 42.9 Å². The summed E-state index contributed by atoms with van der Waals surface area (Å²) in [6.07, 6.45) is -6.93. The van der Waals surface area contributed by atoms with Crippen LogP contribution in [0.25, 0.3) is 10.9 Å². The standard InChI is InChI=1S/C23H24BrN5O12S/c1-8(30)37-7-15-18(38-9(2)31)19(39-10(3)32)20(40-11(4)33)22(41-15)26-23(42)28-27-17-13-5-12(24)6-14(29(35)36)16(13)25-21(17)34/h5-6,15,18-20,22,25,34H,7H2,1-4H3,(H,26,42)/t15-,18-,19+,20-,22-/m1/s1. The Morgan fingerprint density at radius 3 is 2.24 bits per heavy atom. The first-order chi connectivity index (χ1) is 19.7. The molecular formula is C23H24BrN5O12S. The van der Waals surface area contributed by atoms with E-state index in [0.717, 1.165) is 27.7 Å². The molecule has 0 radical (unpaired) electrons. The van der Waals surface area contributed by atoms with Gasteiger partial charge in [-0.2, -0.15) is 0 Å². The Morgan fingerprint density at radius 2 is 1.67 bits per heavy atom. The van der Waals surface area contributed by atoms with Gasteiger partial charge < -0.3 is 39.1 Å². The number of nitro groups is 1. The van der Waals surface area contributed by atoms with Crippen molar-refractivity contribution in [3.63, 3.8) is 0 Å². The van der Waals surface area contributed by atoms with Crippen LogP contribution in [0.3, 0.4) is 0 Å². The number of nitrogens with one attached hydrogen (secondary N) is 2. The normalized spacial score (nSPS) is 21.9. The van der Waals surface area contributed by atoms with Crippen molar-refractivity contribution in [1.82, 2.24) is 10.3 Å². The van der Waals surface area contributed by atoms with E-state index in [0.29, 0.717) is 4.47 Å². The van der Waals surface area contributed by atoms with Crippen molar-refractivity contribution in [2.75, 3.05) is 6.61 Å². The number of benzene rings is 1. The Morgan fingerprint density at radius 1 is 1.07 bits per heavy atom. The number of non-ortho nitro benzene ring substituents is 1. The summed E-state index contributed by atoms with van der Waals surface area (Å²) >= 11 is 8.39. The van der Waals surface area contributed by atoms with Crippen LogP contribution in [0.2, 0.25) is 0 Å². The molecule has 0 amide bonds. The van der Waals surface area contributed by atoms with Gasteiger partial charge in [0.15, 0.2) is 30.2 Å². The van der Waals surface area contributed by atoms with Gasteiger partial charge in [0.2, 0.25) is 11.0 Å². The molecule has 1 aromatic carbocycles. The van der Waals surface area contributed by atoms with E-state index in [1.54, 1.807) is 0 Å². The third-order valence-corrected chi connectivity index (χ3v) is 6.16. The molecule has 0 aliphatic carbocycles. The zero-order valence-electron chi connectivity index (χ0n) is 22.3. The molecule has 0 bridgehead atoms. The minimum Gasteiger partial charge on any atom is -0.493 e. The third-order valence-electron chi connectivity index (χ3n) is 5.50. The minimum atomic E-state index is -1.46. The van der Waals surface area contributed by atoms with E-state index >= 15 is 0 Å². The molecule has 0 spiro atoms. The van der Waals surface area contributed by atoms with E-state index in [2.05, 4.69) is 36.5 Å². The Bertz CT molecular complexity index is 1460. The number of fused-ring (bicyclic) bond motifs is 1. The molecule has 1 aromatic heterocycles. The van der Waals surface area contributed by atoms with Crippen molar-refractivity contribution in [3.8, 4) is 5.88 Å². The highest BCUT2D eigenvalue weighted by Crippen LogP contribution is 2.41. The number of H-pyrrole nitrogens is 1. The van der Waals surface area contributed by atoms with Crippen LogP contribution in [0.15, 0.2) is 26.8 Å². The number of rotatable bonds is 8. The van der Waals surface area contributed by atoms with Crippen LogP contribution in [0.5, 0.6) is 5.88 Å². The highest BCUT2D eigenvalue weighted by molar-refractivity contribution is 9.10. The number of aromatic nitrogens is 1. The lowest BCUT2D eigenvalue weighted by Gasteiger charge is -2.44. The first-order valence-electron chi connectivity index (χ1n) is 11.9. The molecule has 42 heavy (non-hydrogen) atoms. The summed E-state index contributed by atoms with van der Waals surface area (Å²) in [5.74, 6) is -3.67. The van der Waals surface area contributed by atoms with Crippen LogP contribution in [0.4, 0.5) is 11.4 Å². The van der Waals surface area contributed by atoms with Crippen molar-refractivity contribution >= 4 is 79.4 Å². The molecule has 2 heterocycles. The quantitative estimate of drug-likeness (QED) is 0.0913. The first kappa shape index (κ1) is 32.3. The van der Waals surface area contributed by atoms with E-state index in [-0.39, 0.29) is 22.3 Å². The number of esters is 4. The van der Waals surface area contributed by atoms with Gasteiger partial charge in [-0.1, -0.05) is 15.9 Å². The second-order valence-corrected chi connectivity index (χ2v) is 10.00. The summed E-state index contributed by atoms with van der Waals surface area (Å²) in [7, 11) is 0. The summed E-state index contributed by atoms with van der Waals surface area (Å²) in [4.78, 5) is 60.5. The van der Waals surface area contributed by atoms with Crippen molar-refractivity contribution < 1.29 is 52.9 Å². The summed E-state index contributed by atoms with van der Waals surface area (Å²) in [6, 6.07) is 2.69. The number of aromatic amines is 1. The highest BCUT2D eigenvalue weighted by Gasteiger charge is 2.52. The maximum Gasteiger partial charge on any atom is 0.303 e. The van der Waals surface area contributed by atoms with Gasteiger partial charge in [0.25, 0.3) is 5.69 Å². The number of halogens is 1. The Labute approximate surface area is 250 Å². The largest absolute Gasteiger partial charge is 0.493 e. The Kier molecular flexibility index (Phi) is 10.5. The van der Waals surface area contributed by atoms with E-state index in [4.69, 9.17) is 35.9 Å². The third kappa shape index (κ3) is 7.95. The molecule has 1 fully saturated rings. The molecule has 19 heteroatoms. The number of aromatic hydroxyl groups is 1. The van der Waals surface area contributed by atoms with Crippen molar-refractivity contribution in [1.29, 1.82) is 0 Å². The number of carbonyl (C=O) groups excluding carboxylic acids is 4. The lowest BCUT2D eigenvalue weighted by molar-refractivity contribution is -0.383. The fraction of sp³-hybridized carbons (Fsp3) is 0.435. The maximum atomic E-state index is 12.0. The number of hydrogen-bond donors (Lipinski definition) is 3. The van der Waals surface area contributed by atoms with Crippen molar-refractivity contribution in [3.05, 3.63) is 26.7 Å². The number of azo groups is 1. The topological polar surface area (TPSA) is 230 Å². The second kappa shape index (κ2) is 13.6. The zero-order chi connectivity index (χ0) is 31.3. The second-order valence-electron chi connectivity index (χ2n) is 8.70. The van der Waals surface area contributed by atoms with Crippen LogP contribution in [-0.4, -0.2) is 81.3 Å². The van der Waals surface area contributed by atoms with Crippen LogP contribution < -0.4 is 5.32 Å². The number of nitrogens with zero attached hydrogens (tertiary/aromatic N) is 3. The molecular weight excluding hydrogens is 650 g/mol. The molecule has 0 unspecified atom stereocenters. The number of ether oxygens (including phenoxy) is 5. The molecule has 1 aliphatic rings. The molecule has 226 valence electrons. The van der Waals surface area contributed by atoms with Gasteiger partial charge in [0.1, 0.15) is 18.2 Å². The van der Waals surface area contributed by atoms with Gasteiger partial charge in [-0.15, -0.1) is 10.2 Å². The van der Waals surface area contributed by atoms with Gasteiger partial charge in [-0.25, -0.2) is 0 Å². The zero-order valence-corrected chi connectivity index (χ0v) is 24.7. The molecule has 3 N–H and O–H groups in total. The number of nitro benzene ring substituents is 1. The molecule has 17 nitrogen and oxygen atoms in total. The summed E-state index contributed by atoms with van der Waals surface area (Å²) in [5.41, 5.74) is -0.539. The SMILES string of the molecule is CC(=O)OC[C@H]1O[C@@H](NC(=S)N=Nc2c(O)[nH]c3c([N+](=O)[O-])cc(Br)cc23)[C@H](OC(C)=O)[C@@H](OC(C)=O)[C@@H]1OC(C)=O. The fourth-order valence-corrected chi connectivity index (χ4v) is 4.65. The summed E-state index contributed by atoms with van der Waals surface area (Å²) < 4.78 is 27.2. The number of hydrogen-bond acceptors (Lipinski definition) is 14. The van der Waals surface area contributed by atoms with E-state index < -0.39 is 77.0 Å². The summed E-state index contributed by atoms with van der Waals surface area (Å²) in [6.45, 7) is 3.91. The van der Waals surface area contributed by atoms with Crippen LogP contribution in [0, 0.1) is 10.1 Å². The molecule has 3 rings (SSSR count). The fourth-order valence-electron chi connectivity index (χ4n) is 4.05. The van der Waals surface area contributed by atoms with Gasteiger partial charge in [0.05, 0.1) is 4.92 Å². The molecule has 5 atom stereocenters. The smallest absolute Gasteiger partial charge is 0.303 e. The van der Waals surface area contributed by atoms with E-state index in [1.807, 2.05) is 0 Å². The van der Waals surface area contributed by atoms with E-state index in [9.17, 15) is 34.4 Å². The van der Waals surface area contributed by atoms with Crippen molar-refractivity contribution in [2.45, 2.75) is 58.3 Å². The molecule has 1 aliphatic heterocycles. The van der Waals surface area contributed by atoms with Gasteiger partial charge in [-0.05, 0) is 18.3 Å².